The van der Waals surface area contributed by atoms with Crippen molar-refractivity contribution in [3.8, 4) is 0 Å². The second-order valence-electron chi connectivity index (χ2n) is 5.89. The summed E-state index contributed by atoms with van der Waals surface area (Å²) in [4.78, 5) is 11.6. The third kappa shape index (κ3) is 1.56. The van der Waals surface area contributed by atoms with Crippen molar-refractivity contribution in [1.29, 1.82) is 0 Å². The first-order valence-corrected chi connectivity index (χ1v) is 6.80. The van der Waals surface area contributed by atoms with Crippen LogP contribution in [-0.4, -0.2) is 18.5 Å². The monoisotopic (exact) mass is 222 g/mol. The number of amides is 1. The Hall–Kier alpha value is -0.570. The lowest BCUT2D eigenvalue weighted by Gasteiger charge is -2.47. The van der Waals surface area contributed by atoms with Gasteiger partial charge in [0.1, 0.15) is 0 Å². The zero-order valence-electron chi connectivity index (χ0n) is 9.82. The van der Waals surface area contributed by atoms with Crippen molar-refractivity contribution in [2.75, 3.05) is 6.54 Å². The van der Waals surface area contributed by atoms with Gasteiger partial charge in [0.2, 0.25) is 5.91 Å². The summed E-state index contributed by atoms with van der Waals surface area (Å²) in [6.07, 6.45) is 7.52. The molecule has 16 heavy (non-hydrogen) atoms. The average molecular weight is 222 g/mol. The standard InChI is InChI=1S/C13H22N2O/c14-13(16)11-7-8-3-1-4-9(8)12-10(11)5-2-6-15-12/h8-12,15H,1-7H2,(H2,14,16). The van der Waals surface area contributed by atoms with Gasteiger partial charge in [-0.1, -0.05) is 12.8 Å². The van der Waals surface area contributed by atoms with Crippen LogP contribution in [0.2, 0.25) is 0 Å². The summed E-state index contributed by atoms with van der Waals surface area (Å²) in [7, 11) is 0. The maximum atomic E-state index is 11.6. The van der Waals surface area contributed by atoms with E-state index in [2.05, 4.69) is 5.32 Å². The van der Waals surface area contributed by atoms with Crippen LogP contribution in [0.1, 0.15) is 38.5 Å². The minimum Gasteiger partial charge on any atom is -0.369 e. The van der Waals surface area contributed by atoms with E-state index in [9.17, 15) is 4.79 Å². The van der Waals surface area contributed by atoms with Gasteiger partial charge in [0.05, 0.1) is 0 Å². The summed E-state index contributed by atoms with van der Waals surface area (Å²) >= 11 is 0. The molecule has 0 spiro atoms. The Morgan fingerprint density at radius 2 is 1.94 bits per heavy atom. The second kappa shape index (κ2) is 4.02. The van der Waals surface area contributed by atoms with E-state index < -0.39 is 0 Å². The summed E-state index contributed by atoms with van der Waals surface area (Å²) in [6, 6.07) is 0.590. The van der Waals surface area contributed by atoms with Crippen molar-refractivity contribution in [2.45, 2.75) is 44.6 Å². The molecule has 3 fully saturated rings. The Bertz CT molecular complexity index is 292. The number of nitrogens with one attached hydrogen (secondary N) is 1. The predicted molar refractivity (Wildman–Crippen MR) is 62.6 cm³/mol. The van der Waals surface area contributed by atoms with Crippen LogP contribution in [0.15, 0.2) is 0 Å². The van der Waals surface area contributed by atoms with Gasteiger partial charge in [0.25, 0.3) is 0 Å². The molecule has 1 aliphatic heterocycles. The van der Waals surface area contributed by atoms with Crippen molar-refractivity contribution in [3.63, 3.8) is 0 Å². The van der Waals surface area contributed by atoms with E-state index >= 15 is 0 Å². The Morgan fingerprint density at radius 3 is 2.75 bits per heavy atom. The van der Waals surface area contributed by atoms with E-state index in [4.69, 9.17) is 5.73 Å². The maximum absolute atomic E-state index is 11.6. The molecule has 0 radical (unpaired) electrons. The highest BCUT2D eigenvalue weighted by Crippen LogP contribution is 2.48. The predicted octanol–water partition coefficient (Wildman–Crippen LogP) is 1.28. The van der Waals surface area contributed by atoms with E-state index in [1.807, 2.05) is 0 Å². The number of piperidine rings is 1. The molecule has 3 aliphatic rings. The van der Waals surface area contributed by atoms with Crippen LogP contribution in [0.4, 0.5) is 0 Å². The van der Waals surface area contributed by atoms with Gasteiger partial charge in [0, 0.05) is 12.0 Å². The van der Waals surface area contributed by atoms with Gasteiger partial charge in [-0.25, -0.2) is 0 Å². The average Bonchev–Trinajstić information content (AvgIpc) is 2.75. The Balaban J connectivity index is 1.85. The molecule has 0 aromatic carbocycles. The first kappa shape index (κ1) is 10.6. The number of carbonyl (C=O) groups is 1. The lowest BCUT2D eigenvalue weighted by atomic mass is 9.63. The van der Waals surface area contributed by atoms with E-state index in [-0.39, 0.29) is 11.8 Å². The van der Waals surface area contributed by atoms with E-state index in [0.717, 1.165) is 24.8 Å². The number of primary amides is 1. The molecule has 5 atom stereocenters. The third-order valence-electron chi connectivity index (χ3n) is 5.17. The molecule has 1 saturated heterocycles. The fraction of sp³-hybridized carbons (Fsp3) is 0.923. The highest BCUT2D eigenvalue weighted by atomic mass is 16.1. The van der Waals surface area contributed by atoms with Crippen molar-refractivity contribution in [1.82, 2.24) is 5.32 Å². The zero-order chi connectivity index (χ0) is 11.1. The number of rotatable bonds is 1. The van der Waals surface area contributed by atoms with Gasteiger partial charge in [-0.3, -0.25) is 4.79 Å². The number of hydrogen-bond acceptors (Lipinski definition) is 2. The molecule has 2 aliphatic carbocycles. The summed E-state index contributed by atoms with van der Waals surface area (Å²) in [5, 5.41) is 3.67. The minimum absolute atomic E-state index is 0.0518. The van der Waals surface area contributed by atoms with Crippen LogP contribution in [-0.2, 0) is 4.79 Å². The van der Waals surface area contributed by atoms with Crippen LogP contribution in [0.25, 0.3) is 0 Å². The van der Waals surface area contributed by atoms with E-state index in [0.29, 0.717) is 12.0 Å². The van der Waals surface area contributed by atoms with Crippen LogP contribution in [0.5, 0.6) is 0 Å². The number of carbonyl (C=O) groups excluding carboxylic acids is 1. The molecule has 90 valence electrons. The molecule has 3 rings (SSSR count). The SMILES string of the molecule is NC(=O)C1CC2CCCC2C2NCCCC12. The molecule has 2 saturated carbocycles. The first-order valence-electron chi connectivity index (χ1n) is 6.80. The first-order chi connectivity index (χ1) is 7.77. The molecule has 0 aromatic rings. The van der Waals surface area contributed by atoms with Crippen LogP contribution in [0, 0.1) is 23.7 Å². The van der Waals surface area contributed by atoms with Gasteiger partial charge < -0.3 is 11.1 Å². The topological polar surface area (TPSA) is 55.1 Å². The van der Waals surface area contributed by atoms with Gasteiger partial charge in [0.15, 0.2) is 0 Å². The Morgan fingerprint density at radius 1 is 1.12 bits per heavy atom. The lowest BCUT2D eigenvalue weighted by molar-refractivity contribution is -0.127. The number of nitrogens with two attached hydrogens (primary N) is 1. The molecule has 3 nitrogen and oxygen atoms in total. The van der Waals surface area contributed by atoms with Crippen molar-refractivity contribution >= 4 is 5.91 Å². The highest BCUT2D eigenvalue weighted by molar-refractivity contribution is 5.77. The quantitative estimate of drug-likeness (QED) is 0.702. The summed E-state index contributed by atoms with van der Waals surface area (Å²) in [6.45, 7) is 1.13. The summed E-state index contributed by atoms with van der Waals surface area (Å²) < 4.78 is 0. The van der Waals surface area contributed by atoms with Gasteiger partial charge >= 0.3 is 0 Å². The lowest BCUT2D eigenvalue weighted by Crippen LogP contribution is -2.55. The molecule has 1 heterocycles. The number of fused-ring (bicyclic) bond motifs is 3. The highest BCUT2D eigenvalue weighted by Gasteiger charge is 2.48. The third-order valence-corrected chi connectivity index (χ3v) is 5.17. The van der Waals surface area contributed by atoms with Crippen molar-refractivity contribution in [2.24, 2.45) is 29.4 Å². The van der Waals surface area contributed by atoms with Crippen molar-refractivity contribution < 1.29 is 4.79 Å². The molecule has 3 heteroatoms. The maximum Gasteiger partial charge on any atom is 0.220 e. The summed E-state index contributed by atoms with van der Waals surface area (Å²) in [5.41, 5.74) is 5.59. The molecule has 1 amide bonds. The van der Waals surface area contributed by atoms with Crippen LogP contribution >= 0.6 is 0 Å². The van der Waals surface area contributed by atoms with Crippen LogP contribution < -0.4 is 11.1 Å². The van der Waals surface area contributed by atoms with Gasteiger partial charge in [-0.15, -0.1) is 0 Å². The molecule has 3 N–H and O–H groups in total. The molecule has 0 bridgehead atoms. The smallest absolute Gasteiger partial charge is 0.220 e. The molecule has 5 unspecified atom stereocenters. The van der Waals surface area contributed by atoms with Crippen molar-refractivity contribution in [3.05, 3.63) is 0 Å². The summed E-state index contributed by atoms with van der Waals surface area (Å²) in [5.74, 6) is 2.23. The second-order valence-corrected chi connectivity index (χ2v) is 5.89. The van der Waals surface area contributed by atoms with Crippen LogP contribution in [0.3, 0.4) is 0 Å². The fourth-order valence-corrected chi connectivity index (χ4v) is 4.52. The van der Waals surface area contributed by atoms with E-state index in [1.54, 1.807) is 0 Å². The van der Waals surface area contributed by atoms with E-state index in [1.165, 1.54) is 32.1 Å². The largest absolute Gasteiger partial charge is 0.369 e. The van der Waals surface area contributed by atoms with Gasteiger partial charge in [-0.05, 0) is 50.0 Å². The molecular weight excluding hydrogens is 200 g/mol. The minimum atomic E-state index is -0.0518. The Kier molecular flexibility index (Phi) is 2.66. The molecule has 0 aromatic heterocycles. The normalized spacial score (nSPS) is 47.1. The Labute approximate surface area is 97.2 Å². The molecular formula is C13H22N2O. The number of hydrogen-bond donors (Lipinski definition) is 2. The fourth-order valence-electron chi connectivity index (χ4n) is 4.52. The zero-order valence-corrected chi connectivity index (χ0v) is 9.82. The van der Waals surface area contributed by atoms with Gasteiger partial charge in [-0.2, -0.15) is 0 Å².